The SMILES string of the molecule is O=C1O[P](=O)OC(=O)C(O)C1O. The summed E-state index contributed by atoms with van der Waals surface area (Å²) in [6.45, 7) is 0. The summed E-state index contributed by atoms with van der Waals surface area (Å²) in [4.78, 5) is 21.1. The quantitative estimate of drug-likeness (QED) is 0.451. The zero-order chi connectivity index (χ0) is 9.30. The van der Waals surface area contributed by atoms with E-state index >= 15 is 0 Å². The molecule has 0 spiro atoms. The van der Waals surface area contributed by atoms with Crippen LogP contribution in [0.2, 0.25) is 0 Å². The molecular formula is C4H4O7P. The van der Waals surface area contributed by atoms with E-state index in [1.54, 1.807) is 0 Å². The second-order valence-corrected chi connectivity index (χ2v) is 2.75. The van der Waals surface area contributed by atoms with Crippen molar-refractivity contribution in [2.24, 2.45) is 0 Å². The topological polar surface area (TPSA) is 110 Å². The summed E-state index contributed by atoms with van der Waals surface area (Å²) >= 11 is 0. The number of hydrogen-bond acceptors (Lipinski definition) is 7. The van der Waals surface area contributed by atoms with E-state index in [1.807, 2.05) is 0 Å². The number of aliphatic hydroxyl groups excluding tert-OH is 2. The molecule has 0 aromatic rings. The predicted molar refractivity (Wildman–Crippen MR) is 31.8 cm³/mol. The lowest BCUT2D eigenvalue weighted by Gasteiger charge is -2.05. The van der Waals surface area contributed by atoms with Crippen molar-refractivity contribution in [2.45, 2.75) is 12.2 Å². The Morgan fingerprint density at radius 2 is 1.42 bits per heavy atom. The largest absolute Gasteiger partial charge is 0.497 e. The predicted octanol–water partition coefficient (Wildman–Crippen LogP) is -1.53. The van der Waals surface area contributed by atoms with Gasteiger partial charge in [-0.05, 0) is 0 Å². The summed E-state index contributed by atoms with van der Waals surface area (Å²) in [5.74, 6) is -2.70. The van der Waals surface area contributed by atoms with Crippen LogP contribution in [0.5, 0.6) is 0 Å². The van der Waals surface area contributed by atoms with Gasteiger partial charge in [0.05, 0.1) is 0 Å². The molecule has 1 radical (unpaired) electrons. The number of carbonyl (C=O) groups is 2. The number of carbonyl (C=O) groups excluding carboxylic acids is 2. The van der Waals surface area contributed by atoms with E-state index in [0.29, 0.717) is 0 Å². The van der Waals surface area contributed by atoms with Crippen molar-refractivity contribution in [3.63, 3.8) is 0 Å². The molecule has 0 amide bonds. The summed E-state index contributed by atoms with van der Waals surface area (Å²) in [6.07, 6.45) is -4.09. The Kier molecular flexibility index (Phi) is 2.37. The van der Waals surface area contributed by atoms with Gasteiger partial charge in [0.15, 0.2) is 12.2 Å². The third kappa shape index (κ3) is 1.58. The molecule has 1 aliphatic heterocycles. The van der Waals surface area contributed by atoms with Gasteiger partial charge in [0.25, 0.3) is 0 Å². The maximum absolute atomic E-state index is 10.5. The van der Waals surface area contributed by atoms with Gasteiger partial charge < -0.3 is 19.3 Å². The molecule has 12 heavy (non-hydrogen) atoms. The summed E-state index contributed by atoms with van der Waals surface area (Å²) in [7, 11) is -2.92. The Hall–Kier alpha value is -1.04. The Bertz CT molecular complexity index is 224. The van der Waals surface area contributed by atoms with Gasteiger partial charge in [0.2, 0.25) is 0 Å². The number of hydrogen-bond donors (Lipinski definition) is 2. The van der Waals surface area contributed by atoms with Gasteiger partial charge in [0, 0.05) is 0 Å². The molecule has 0 bridgehead atoms. The normalized spacial score (nSPS) is 33.7. The van der Waals surface area contributed by atoms with Crippen molar-refractivity contribution >= 4 is 20.2 Å². The molecule has 2 atom stereocenters. The van der Waals surface area contributed by atoms with E-state index in [2.05, 4.69) is 9.05 Å². The zero-order valence-electron chi connectivity index (χ0n) is 5.54. The minimum atomic E-state index is -2.92. The van der Waals surface area contributed by atoms with Gasteiger partial charge in [-0.15, -0.1) is 0 Å². The smallest absolute Gasteiger partial charge is 0.379 e. The molecule has 1 saturated heterocycles. The van der Waals surface area contributed by atoms with Crippen LogP contribution in [-0.4, -0.2) is 34.4 Å². The first-order chi connectivity index (χ1) is 5.52. The van der Waals surface area contributed by atoms with Crippen LogP contribution in [0.15, 0.2) is 0 Å². The molecule has 8 heteroatoms. The highest BCUT2D eigenvalue weighted by Crippen LogP contribution is 2.28. The first-order valence-corrected chi connectivity index (χ1v) is 3.89. The first-order valence-electron chi connectivity index (χ1n) is 2.79. The van der Waals surface area contributed by atoms with Crippen LogP contribution in [0.1, 0.15) is 0 Å². The van der Waals surface area contributed by atoms with Crippen LogP contribution in [0.25, 0.3) is 0 Å². The average molecular weight is 195 g/mol. The van der Waals surface area contributed by atoms with E-state index < -0.39 is 32.4 Å². The highest BCUT2D eigenvalue weighted by Gasteiger charge is 2.39. The molecule has 0 aliphatic carbocycles. The summed E-state index contributed by atoms with van der Waals surface area (Å²) in [6, 6.07) is 0. The molecule has 1 aliphatic rings. The monoisotopic (exact) mass is 195 g/mol. The molecule has 7 nitrogen and oxygen atoms in total. The maximum Gasteiger partial charge on any atom is 0.497 e. The van der Waals surface area contributed by atoms with Gasteiger partial charge in [-0.25, -0.2) is 9.59 Å². The fourth-order valence-corrected chi connectivity index (χ4v) is 1.08. The Labute approximate surface area is 66.8 Å². The molecule has 0 saturated carbocycles. The fraction of sp³-hybridized carbons (Fsp3) is 0.500. The van der Waals surface area contributed by atoms with Crippen LogP contribution in [0, 0.1) is 0 Å². The van der Waals surface area contributed by atoms with Gasteiger partial charge in [0.1, 0.15) is 0 Å². The Balaban J connectivity index is 2.87. The second-order valence-electron chi connectivity index (χ2n) is 1.93. The van der Waals surface area contributed by atoms with E-state index in [9.17, 15) is 14.2 Å². The second kappa shape index (κ2) is 3.14. The molecule has 1 heterocycles. The van der Waals surface area contributed by atoms with Crippen LogP contribution >= 0.6 is 8.25 Å². The highest BCUT2D eigenvalue weighted by molar-refractivity contribution is 7.34. The van der Waals surface area contributed by atoms with Crippen molar-refractivity contribution in [1.82, 2.24) is 0 Å². The molecule has 67 valence electrons. The molecule has 1 rings (SSSR count). The lowest BCUT2D eigenvalue weighted by molar-refractivity contribution is -0.156. The summed E-state index contributed by atoms with van der Waals surface area (Å²) in [5.41, 5.74) is 0. The summed E-state index contributed by atoms with van der Waals surface area (Å²) in [5, 5.41) is 17.5. The van der Waals surface area contributed by atoms with Gasteiger partial charge in [-0.1, -0.05) is 0 Å². The maximum atomic E-state index is 10.5. The Morgan fingerprint density at radius 3 is 1.75 bits per heavy atom. The summed E-state index contributed by atoms with van der Waals surface area (Å²) < 4.78 is 18.2. The minimum Gasteiger partial charge on any atom is -0.379 e. The van der Waals surface area contributed by atoms with Crippen LogP contribution in [-0.2, 0) is 23.2 Å². The van der Waals surface area contributed by atoms with Crippen LogP contribution in [0.4, 0.5) is 0 Å². The molecule has 0 aromatic carbocycles. The van der Waals surface area contributed by atoms with Gasteiger partial charge in [-0.3, -0.25) is 0 Å². The lowest BCUT2D eigenvalue weighted by Crippen LogP contribution is -2.38. The lowest BCUT2D eigenvalue weighted by atomic mass is 10.2. The Morgan fingerprint density at radius 1 is 1.08 bits per heavy atom. The van der Waals surface area contributed by atoms with E-state index in [-0.39, 0.29) is 0 Å². The van der Waals surface area contributed by atoms with E-state index in [1.165, 1.54) is 0 Å². The third-order valence-electron chi connectivity index (χ3n) is 1.11. The van der Waals surface area contributed by atoms with Gasteiger partial charge in [-0.2, -0.15) is 4.57 Å². The molecule has 1 fully saturated rings. The van der Waals surface area contributed by atoms with Crippen LogP contribution < -0.4 is 0 Å². The van der Waals surface area contributed by atoms with Crippen molar-refractivity contribution in [1.29, 1.82) is 0 Å². The van der Waals surface area contributed by atoms with Crippen molar-refractivity contribution in [2.75, 3.05) is 0 Å². The minimum absolute atomic E-state index is 1.35. The average Bonchev–Trinajstić information content (AvgIpc) is 2.05. The van der Waals surface area contributed by atoms with E-state index in [0.717, 1.165) is 0 Å². The van der Waals surface area contributed by atoms with Crippen molar-refractivity contribution in [3.05, 3.63) is 0 Å². The number of aliphatic hydroxyl groups is 2. The fourth-order valence-electron chi connectivity index (χ4n) is 0.531. The van der Waals surface area contributed by atoms with Crippen molar-refractivity contribution < 1.29 is 33.4 Å². The van der Waals surface area contributed by atoms with E-state index in [4.69, 9.17) is 10.2 Å². The zero-order valence-corrected chi connectivity index (χ0v) is 6.43. The standard InChI is InChI=1S/C4H4O7P/c5-1-2(6)4(8)11-12(9)10-3(1)7/h1-2,5-6H. The van der Waals surface area contributed by atoms with Crippen molar-refractivity contribution in [3.8, 4) is 0 Å². The molecule has 0 aromatic heterocycles. The molecule has 2 unspecified atom stereocenters. The van der Waals surface area contributed by atoms with Gasteiger partial charge >= 0.3 is 20.2 Å². The highest BCUT2D eigenvalue weighted by atomic mass is 31.1. The molecular weight excluding hydrogens is 191 g/mol. The third-order valence-corrected chi connectivity index (χ3v) is 1.77. The van der Waals surface area contributed by atoms with Crippen LogP contribution in [0.3, 0.4) is 0 Å². The number of rotatable bonds is 0. The first kappa shape index (κ1) is 9.05. The molecule has 2 N–H and O–H groups in total.